The molecule has 1 aromatic carbocycles. The highest BCUT2D eigenvalue weighted by atomic mass is 19.1. The molecule has 2 aliphatic rings. The number of pyridine rings is 1. The van der Waals surface area contributed by atoms with Crippen molar-refractivity contribution in [2.75, 3.05) is 38.3 Å². The molecule has 150 valence electrons. The van der Waals surface area contributed by atoms with E-state index in [-0.39, 0.29) is 30.3 Å². The summed E-state index contributed by atoms with van der Waals surface area (Å²) in [5.74, 6) is 0.185. The summed E-state index contributed by atoms with van der Waals surface area (Å²) in [4.78, 5) is 21.2. The van der Waals surface area contributed by atoms with Crippen molar-refractivity contribution >= 4 is 22.6 Å². The molecule has 7 nitrogen and oxygen atoms in total. The van der Waals surface area contributed by atoms with E-state index in [2.05, 4.69) is 20.1 Å². The number of carbonyl (C=O) groups is 1. The van der Waals surface area contributed by atoms with Crippen LogP contribution in [0.2, 0.25) is 0 Å². The fourth-order valence-electron chi connectivity index (χ4n) is 4.94. The Kier molecular flexibility index (Phi) is 4.43. The Balaban J connectivity index is 1.48. The maximum atomic E-state index is 14.0. The maximum absolute atomic E-state index is 14.0. The van der Waals surface area contributed by atoms with Crippen LogP contribution < -0.4 is 4.90 Å². The summed E-state index contributed by atoms with van der Waals surface area (Å²) in [5, 5.41) is 8.01. The van der Waals surface area contributed by atoms with Gasteiger partial charge in [0.2, 0.25) is 5.91 Å². The van der Waals surface area contributed by atoms with Crippen LogP contribution in [0.25, 0.3) is 11.0 Å². The summed E-state index contributed by atoms with van der Waals surface area (Å²) in [7, 11) is 1.52. The van der Waals surface area contributed by atoms with E-state index in [4.69, 9.17) is 4.74 Å². The molecule has 3 atom stereocenters. The summed E-state index contributed by atoms with van der Waals surface area (Å²) in [6.45, 7) is 2.30. The lowest BCUT2D eigenvalue weighted by Gasteiger charge is -2.30. The number of H-pyrrole nitrogens is 1. The molecule has 2 aromatic heterocycles. The predicted octanol–water partition coefficient (Wildman–Crippen LogP) is 2.38. The Morgan fingerprint density at radius 3 is 3.03 bits per heavy atom. The van der Waals surface area contributed by atoms with Gasteiger partial charge in [0.15, 0.2) is 5.65 Å². The second-order valence-corrected chi connectivity index (χ2v) is 7.77. The first-order valence-corrected chi connectivity index (χ1v) is 9.72. The van der Waals surface area contributed by atoms with Gasteiger partial charge in [-0.1, -0.05) is 12.1 Å². The largest absolute Gasteiger partial charge is 0.375 e. The lowest BCUT2D eigenvalue weighted by Crippen LogP contribution is -2.37. The van der Waals surface area contributed by atoms with Gasteiger partial charge in [-0.05, 0) is 23.8 Å². The van der Waals surface area contributed by atoms with E-state index >= 15 is 0 Å². The summed E-state index contributed by atoms with van der Waals surface area (Å²) in [6, 6.07) is 8.44. The quantitative estimate of drug-likeness (QED) is 0.734. The Morgan fingerprint density at radius 1 is 1.31 bits per heavy atom. The van der Waals surface area contributed by atoms with Crippen molar-refractivity contribution in [3.63, 3.8) is 0 Å². The van der Waals surface area contributed by atoms with Gasteiger partial charge in [0.25, 0.3) is 0 Å². The molecule has 2 saturated heterocycles. The highest BCUT2D eigenvalue weighted by Gasteiger charge is 2.49. The van der Waals surface area contributed by atoms with Crippen molar-refractivity contribution in [2.24, 2.45) is 11.8 Å². The number of ether oxygens (including phenoxy) is 1. The van der Waals surface area contributed by atoms with Gasteiger partial charge in [-0.3, -0.25) is 9.89 Å². The van der Waals surface area contributed by atoms with Gasteiger partial charge in [-0.2, -0.15) is 5.10 Å². The Labute approximate surface area is 167 Å². The molecule has 8 heteroatoms. The van der Waals surface area contributed by atoms with Crippen LogP contribution in [0.4, 0.5) is 10.1 Å². The highest BCUT2D eigenvalue weighted by molar-refractivity contribution is 5.89. The zero-order valence-electron chi connectivity index (χ0n) is 16.1. The molecule has 0 spiro atoms. The predicted molar refractivity (Wildman–Crippen MR) is 106 cm³/mol. The number of methoxy groups -OCH3 is 1. The zero-order valence-corrected chi connectivity index (χ0v) is 16.1. The van der Waals surface area contributed by atoms with Crippen LogP contribution in [0.5, 0.6) is 0 Å². The topological polar surface area (TPSA) is 74.3 Å². The first kappa shape index (κ1) is 18.1. The second kappa shape index (κ2) is 7.11. The van der Waals surface area contributed by atoms with Crippen molar-refractivity contribution in [2.45, 2.75) is 6.04 Å². The molecule has 0 unspecified atom stereocenters. The van der Waals surface area contributed by atoms with Crippen LogP contribution in [0.15, 0.2) is 42.7 Å². The third-order valence-corrected chi connectivity index (χ3v) is 6.11. The first-order valence-electron chi connectivity index (χ1n) is 9.72. The van der Waals surface area contributed by atoms with E-state index in [0.29, 0.717) is 12.5 Å². The SMILES string of the molecule is COCC(=O)N1C[C@H]2CN(c3ccnc4[nH]ncc34)C[C@H]2[C@@H]1c1cccc(F)c1. The van der Waals surface area contributed by atoms with Gasteiger partial charge in [-0.15, -0.1) is 0 Å². The second-order valence-electron chi connectivity index (χ2n) is 7.77. The van der Waals surface area contributed by atoms with Crippen LogP contribution in [0.1, 0.15) is 11.6 Å². The van der Waals surface area contributed by atoms with Crippen molar-refractivity contribution in [1.82, 2.24) is 20.1 Å². The molecule has 0 saturated carbocycles. The highest BCUT2D eigenvalue weighted by Crippen LogP contribution is 2.46. The number of halogens is 1. The lowest BCUT2D eigenvalue weighted by molar-refractivity contribution is -0.136. The van der Waals surface area contributed by atoms with Crippen LogP contribution in [0.3, 0.4) is 0 Å². The molecule has 2 fully saturated rings. The number of hydrogen-bond acceptors (Lipinski definition) is 5. The molecule has 1 N–H and O–H groups in total. The fourth-order valence-corrected chi connectivity index (χ4v) is 4.94. The molecule has 1 amide bonds. The Hall–Kier alpha value is -3.00. The van der Waals surface area contributed by atoms with Gasteiger partial charge in [-0.25, -0.2) is 9.37 Å². The standard InChI is InChI=1S/C21H22FN5O2/c1-29-12-19(28)27-10-14-9-26(18-5-6-23-21-16(18)8-24-25-21)11-17(14)20(27)13-3-2-4-15(22)7-13/h2-8,14,17,20H,9-12H2,1H3,(H,23,24,25)/t14-,17-,20+/m1/s1. The smallest absolute Gasteiger partial charge is 0.249 e. The van der Waals surface area contributed by atoms with Crippen molar-refractivity contribution in [3.05, 3.63) is 54.1 Å². The number of likely N-dealkylation sites (tertiary alicyclic amines) is 1. The Bertz CT molecular complexity index is 1050. The van der Waals surface area contributed by atoms with E-state index in [0.717, 1.165) is 35.4 Å². The fraction of sp³-hybridized carbons (Fsp3) is 0.381. The number of anilines is 1. The molecular formula is C21H22FN5O2. The number of aromatic amines is 1. The maximum Gasteiger partial charge on any atom is 0.249 e. The average Bonchev–Trinajstić information content (AvgIpc) is 3.41. The first-order chi connectivity index (χ1) is 14.2. The number of nitrogens with zero attached hydrogens (tertiary/aromatic N) is 4. The minimum Gasteiger partial charge on any atom is -0.375 e. The average molecular weight is 395 g/mol. The number of amides is 1. The van der Waals surface area contributed by atoms with E-state index in [1.54, 1.807) is 24.5 Å². The number of nitrogens with one attached hydrogen (secondary N) is 1. The van der Waals surface area contributed by atoms with Crippen LogP contribution in [-0.4, -0.2) is 59.3 Å². The molecule has 0 bridgehead atoms. The van der Waals surface area contributed by atoms with Gasteiger partial charge < -0.3 is 14.5 Å². The van der Waals surface area contributed by atoms with Crippen LogP contribution in [0, 0.1) is 17.7 Å². The van der Waals surface area contributed by atoms with Gasteiger partial charge in [0.1, 0.15) is 12.4 Å². The minimum absolute atomic E-state index is 0.0367. The number of benzene rings is 1. The third kappa shape index (κ3) is 3.04. The zero-order chi connectivity index (χ0) is 20.0. The molecule has 0 radical (unpaired) electrons. The molecule has 3 aromatic rings. The normalized spacial score (nSPS) is 23.7. The van der Waals surface area contributed by atoms with Crippen LogP contribution >= 0.6 is 0 Å². The number of rotatable bonds is 4. The van der Waals surface area contributed by atoms with Gasteiger partial charge in [0, 0.05) is 44.8 Å². The molecule has 5 rings (SSSR count). The van der Waals surface area contributed by atoms with Gasteiger partial charge >= 0.3 is 0 Å². The molecule has 2 aliphatic heterocycles. The van der Waals surface area contributed by atoms with Crippen molar-refractivity contribution in [3.8, 4) is 0 Å². The van der Waals surface area contributed by atoms with Crippen LogP contribution in [-0.2, 0) is 9.53 Å². The Morgan fingerprint density at radius 2 is 2.21 bits per heavy atom. The van der Waals surface area contributed by atoms with E-state index in [1.807, 2.05) is 17.0 Å². The van der Waals surface area contributed by atoms with E-state index < -0.39 is 0 Å². The van der Waals surface area contributed by atoms with E-state index in [1.165, 1.54) is 13.2 Å². The molecular weight excluding hydrogens is 373 g/mol. The summed E-state index contributed by atoms with van der Waals surface area (Å²) in [6.07, 6.45) is 3.58. The molecule has 4 heterocycles. The van der Waals surface area contributed by atoms with Crippen molar-refractivity contribution in [1.29, 1.82) is 0 Å². The number of hydrogen-bond donors (Lipinski definition) is 1. The summed E-state index contributed by atoms with van der Waals surface area (Å²) >= 11 is 0. The number of aromatic nitrogens is 3. The van der Waals surface area contributed by atoms with Crippen molar-refractivity contribution < 1.29 is 13.9 Å². The number of fused-ring (bicyclic) bond motifs is 2. The molecule has 29 heavy (non-hydrogen) atoms. The monoisotopic (exact) mass is 395 g/mol. The summed E-state index contributed by atoms with van der Waals surface area (Å²) in [5.41, 5.74) is 2.69. The molecule has 0 aliphatic carbocycles. The summed E-state index contributed by atoms with van der Waals surface area (Å²) < 4.78 is 19.0. The minimum atomic E-state index is -0.283. The van der Waals surface area contributed by atoms with Gasteiger partial charge in [0.05, 0.1) is 23.3 Å². The number of carbonyl (C=O) groups excluding carboxylic acids is 1. The van der Waals surface area contributed by atoms with E-state index in [9.17, 15) is 9.18 Å². The third-order valence-electron chi connectivity index (χ3n) is 6.11. The lowest BCUT2D eigenvalue weighted by atomic mass is 9.89.